The number of aromatic hydroxyl groups is 1. The highest BCUT2D eigenvalue weighted by Crippen LogP contribution is 2.44. The van der Waals surface area contributed by atoms with Crippen molar-refractivity contribution in [2.24, 2.45) is 0 Å². The molecule has 1 amide bonds. The third kappa shape index (κ3) is 4.57. The number of carbonyl (C=O) groups is 2. The first-order valence-corrected chi connectivity index (χ1v) is 10.5. The van der Waals surface area contributed by atoms with Crippen molar-refractivity contribution >= 4 is 33.4 Å². The van der Waals surface area contributed by atoms with E-state index >= 15 is 0 Å². The number of phenolic OH excluding ortho intramolecular Hbond substituents is 1. The number of methoxy groups -OCH3 is 1. The van der Waals surface area contributed by atoms with Gasteiger partial charge in [0.25, 0.3) is 11.7 Å². The Morgan fingerprint density at radius 1 is 1.26 bits per heavy atom. The van der Waals surface area contributed by atoms with Crippen molar-refractivity contribution in [3.8, 4) is 11.5 Å². The number of ketones is 1. The summed E-state index contributed by atoms with van der Waals surface area (Å²) in [5.74, 6) is -1.61. The molecule has 0 saturated carbocycles. The van der Waals surface area contributed by atoms with Gasteiger partial charge in [-0.25, -0.2) is 0 Å². The Kier molecular flexibility index (Phi) is 6.97. The molecule has 0 bridgehead atoms. The lowest BCUT2D eigenvalue weighted by atomic mass is 9.95. The van der Waals surface area contributed by atoms with Crippen molar-refractivity contribution in [1.82, 2.24) is 14.8 Å². The van der Waals surface area contributed by atoms with Crippen LogP contribution in [0.3, 0.4) is 0 Å². The van der Waals surface area contributed by atoms with Crippen molar-refractivity contribution < 1.29 is 24.5 Å². The quantitative estimate of drug-likeness (QED) is 0.350. The van der Waals surface area contributed by atoms with E-state index in [2.05, 4.69) is 20.9 Å². The predicted molar refractivity (Wildman–Crippen MR) is 119 cm³/mol. The van der Waals surface area contributed by atoms with Crippen LogP contribution in [0.2, 0.25) is 0 Å². The van der Waals surface area contributed by atoms with Gasteiger partial charge in [0.1, 0.15) is 5.76 Å². The topological polar surface area (TPSA) is 103 Å². The van der Waals surface area contributed by atoms with Crippen molar-refractivity contribution in [1.29, 1.82) is 0 Å². The number of Topliss-reactive ketones (excluding diaryl/α,β-unsaturated/α-hetero) is 1. The number of aliphatic hydroxyl groups is 1. The maximum Gasteiger partial charge on any atom is 0.295 e. The van der Waals surface area contributed by atoms with Crippen LogP contribution in [0, 0.1) is 0 Å². The Balaban J connectivity index is 2.16. The Morgan fingerprint density at radius 2 is 1.94 bits per heavy atom. The highest BCUT2D eigenvalue weighted by atomic mass is 79.9. The molecule has 1 aromatic heterocycles. The first kappa shape index (κ1) is 22.8. The van der Waals surface area contributed by atoms with Gasteiger partial charge >= 0.3 is 0 Å². The SMILES string of the molecule is COc1cc(C2C(=C(O)c3ccncc3)C(=O)C(=O)N2CCCN(C)C)cc(Br)c1O. The monoisotopic (exact) mass is 489 g/mol. The summed E-state index contributed by atoms with van der Waals surface area (Å²) in [6.07, 6.45) is 3.64. The Labute approximate surface area is 188 Å². The first-order chi connectivity index (χ1) is 14.8. The number of phenols is 1. The van der Waals surface area contributed by atoms with Gasteiger partial charge in [-0.15, -0.1) is 0 Å². The molecule has 0 radical (unpaired) electrons. The minimum absolute atomic E-state index is 0.0132. The van der Waals surface area contributed by atoms with Crippen LogP contribution in [0.1, 0.15) is 23.6 Å². The molecule has 164 valence electrons. The van der Waals surface area contributed by atoms with Crippen molar-refractivity contribution in [2.45, 2.75) is 12.5 Å². The molecule has 2 N–H and O–H groups in total. The molecule has 9 heteroatoms. The Morgan fingerprint density at radius 3 is 2.55 bits per heavy atom. The number of rotatable bonds is 7. The summed E-state index contributed by atoms with van der Waals surface area (Å²) in [6.45, 7) is 1.05. The lowest BCUT2D eigenvalue weighted by Crippen LogP contribution is -2.32. The zero-order chi connectivity index (χ0) is 22.7. The third-order valence-electron chi connectivity index (χ3n) is 5.08. The van der Waals surface area contributed by atoms with Gasteiger partial charge in [0.15, 0.2) is 11.5 Å². The Bertz CT molecular complexity index is 1020. The summed E-state index contributed by atoms with van der Waals surface area (Å²) in [7, 11) is 5.27. The molecule has 2 heterocycles. The van der Waals surface area contributed by atoms with E-state index in [1.807, 2.05) is 19.0 Å². The fourth-order valence-corrected chi connectivity index (χ4v) is 4.05. The van der Waals surface area contributed by atoms with Gasteiger partial charge in [-0.2, -0.15) is 0 Å². The minimum atomic E-state index is -0.832. The van der Waals surface area contributed by atoms with E-state index in [0.29, 0.717) is 28.6 Å². The van der Waals surface area contributed by atoms with Crippen LogP contribution in [-0.2, 0) is 9.59 Å². The van der Waals surface area contributed by atoms with Gasteiger partial charge in [-0.05, 0) is 72.8 Å². The molecule has 31 heavy (non-hydrogen) atoms. The number of hydrogen-bond acceptors (Lipinski definition) is 7. The lowest BCUT2D eigenvalue weighted by molar-refractivity contribution is -0.139. The van der Waals surface area contributed by atoms with Gasteiger partial charge in [-0.3, -0.25) is 14.6 Å². The summed E-state index contributed by atoms with van der Waals surface area (Å²) in [5.41, 5.74) is 0.901. The van der Waals surface area contributed by atoms with Gasteiger partial charge in [0.05, 0.1) is 23.2 Å². The van der Waals surface area contributed by atoms with Crippen LogP contribution in [0.4, 0.5) is 0 Å². The Hall–Kier alpha value is -2.91. The smallest absolute Gasteiger partial charge is 0.295 e. The number of benzene rings is 1. The van der Waals surface area contributed by atoms with Crippen molar-refractivity contribution in [3.05, 3.63) is 57.8 Å². The summed E-state index contributed by atoms with van der Waals surface area (Å²) < 4.78 is 5.60. The largest absolute Gasteiger partial charge is 0.507 e. The summed E-state index contributed by atoms with van der Waals surface area (Å²) in [4.78, 5) is 33.3. The number of amides is 1. The molecule has 1 fully saturated rings. The fourth-order valence-electron chi connectivity index (χ4n) is 3.59. The molecular formula is C22H24BrN3O5. The second-order valence-corrected chi connectivity index (χ2v) is 8.29. The summed E-state index contributed by atoms with van der Waals surface area (Å²) in [6, 6.07) is 5.49. The van der Waals surface area contributed by atoms with E-state index in [0.717, 1.165) is 6.54 Å². The average molecular weight is 490 g/mol. The van der Waals surface area contributed by atoms with E-state index in [-0.39, 0.29) is 22.8 Å². The number of aliphatic hydroxyl groups excluding tert-OH is 1. The number of halogens is 1. The zero-order valence-corrected chi connectivity index (χ0v) is 19.1. The second-order valence-electron chi connectivity index (χ2n) is 7.44. The predicted octanol–water partition coefficient (Wildman–Crippen LogP) is 2.93. The normalized spacial score (nSPS) is 18.1. The van der Waals surface area contributed by atoms with Crippen LogP contribution in [0.15, 0.2) is 46.7 Å². The van der Waals surface area contributed by atoms with E-state index in [1.54, 1.807) is 24.3 Å². The van der Waals surface area contributed by atoms with Crippen molar-refractivity contribution in [2.75, 3.05) is 34.3 Å². The number of aromatic nitrogens is 1. The molecule has 8 nitrogen and oxygen atoms in total. The highest BCUT2D eigenvalue weighted by Gasteiger charge is 2.46. The fraction of sp³-hybridized carbons (Fsp3) is 0.318. The molecular weight excluding hydrogens is 466 g/mol. The maximum absolute atomic E-state index is 13.0. The van der Waals surface area contributed by atoms with Gasteiger partial charge in [0.2, 0.25) is 0 Å². The van der Waals surface area contributed by atoms with E-state index in [1.165, 1.54) is 24.4 Å². The first-order valence-electron chi connectivity index (χ1n) is 9.66. The molecule has 2 aromatic rings. The number of likely N-dealkylation sites (tertiary alicyclic amines) is 1. The lowest BCUT2D eigenvalue weighted by Gasteiger charge is -2.26. The number of pyridine rings is 1. The number of carbonyl (C=O) groups excluding carboxylic acids is 2. The molecule has 1 aliphatic heterocycles. The minimum Gasteiger partial charge on any atom is -0.507 e. The van der Waals surface area contributed by atoms with Crippen LogP contribution >= 0.6 is 15.9 Å². The van der Waals surface area contributed by atoms with Crippen LogP contribution in [0.25, 0.3) is 5.76 Å². The number of hydrogen-bond donors (Lipinski definition) is 2. The van der Waals surface area contributed by atoms with Crippen LogP contribution in [-0.4, -0.2) is 71.0 Å². The highest BCUT2D eigenvalue weighted by molar-refractivity contribution is 9.10. The maximum atomic E-state index is 13.0. The molecule has 1 aliphatic rings. The average Bonchev–Trinajstić information content (AvgIpc) is 3.00. The molecule has 0 spiro atoms. The van der Waals surface area contributed by atoms with Crippen molar-refractivity contribution in [3.63, 3.8) is 0 Å². The van der Waals surface area contributed by atoms with Gasteiger partial charge in [0, 0.05) is 24.5 Å². The molecule has 1 unspecified atom stereocenters. The van der Waals surface area contributed by atoms with Crippen LogP contribution < -0.4 is 4.74 Å². The third-order valence-corrected chi connectivity index (χ3v) is 5.69. The van der Waals surface area contributed by atoms with E-state index < -0.39 is 17.7 Å². The molecule has 3 rings (SSSR count). The van der Waals surface area contributed by atoms with Crippen LogP contribution in [0.5, 0.6) is 11.5 Å². The number of ether oxygens (including phenoxy) is 1. The molecule has 1 saturated heterocycles. The van der Waals surface area contributed by atoms with E-state index in [4.69, 9.17) is 4.74 Å². The summed E-state index contributed by atoms with van der Waals surface area (Å²) in [5, 5.41) is 21.2. The van der Waals surface area contributed by atoms with E-state index in [9.17, 15) is 19.8 Å². The molecule has 1 aromatic carbocycles. The standard InChI is InChI=1S/C22H24BrN3O5/c1-25(2)9-4-10-26-18(14-11-15(23)20(28)16(12-14)31-3)17(21(29)22(26)30)19(27)13-5-7-24-8-6-13/h5-8,11-12,18,27-28H,4,9-10H2,1-3H3. The molecule has 0 aliphatic carbocycles. The second kappa shape index (κ2) is 9.49. The van der Waals surface area contributed by atoms with Gasteiger partial charge in [-0.1, -0.05) is 0 Å². The zero-order valence-electron chi connectivity index (χ0n) is 17.5. The summed E-state index contributed by atoms with van der Waals surface area (Å²) >= 11 is 3.30. The van der Waals surface area contributed by atoms with Gasteiger partial charge < -0.3 is 24.7 Å². The molecule has 1 atom stereocenters. The number of nitrogens with zero attached hydrogens (tertiary/aromatic N) is 3.